The van der Waals surface area contributed by atoms with Gasteiger partial charge in [0.1, 0.15) is 6.04 Å². The van der Waals surface area contributed by atoms with Crippen LogP contribution in [-0.4, -0.2) is 19.2 Å². The Morgan fingerprint density at radius 2 is 2.39 bits per heavy atom. The zero-order valence-corrected chi connectivity index (χ0v) is 10.7. The van der Waals surface area contributed by atoms with Crippen molar-refractivity contribution >= 4 is 23.4 Å². The molecule has 1 aromatic carbocycles. The summed E-state index contributed by atoms with van der Waals surface area (Å²) >= 11 is 5.91. The molecule has 1 aliphatic heterocycles. The van der Waals surface area contributed by atoms with E-state index in [2.05, 4.69) is 5.18 Å². The Balaban J connectivity index is 2.39. The molecular formula is C12H13ClN2O3. The van der Waals surface area contributed by atoms with Gasteiger partial charge in [-0.2, -0.15) is 4.91 Å². The maximum Gasteiger partial charge on any atom is 0.414 e. The van der Waals surface area contributed by atoms with Crippen molar-refractivity contribution in [2.75, 3.05) is 18.1 Å². The summed E-state index contributed by atoms with van der Waals surface area (Å²) in [6.07, 6.45) is 0.0702. The summed E-state index contributed by atoms with van der Waals surface area (Å²) in [6, 6.07) is 4.62. The van der Waals surface area contributed by atoms with E-state index in [0.717, 1.165) is 0 Å². The number of nitroso groups, excluding NO2 is 1. The van der Waals surface area contributed by atoms with Crippen LogP contribution in [0, 0.1) is 4.91 Å². The van der Waals surface area contributed by atoms with Gasteiger partial charge in [-0.15, -0.1) is 0 Å². The number of ether oxygens (including phenoxy) is 1. The molecule has 1 unspecified atom stereocenters. The Hall–Kier alpha value is -1.62. The molecular weight excluding hydrogens is 256 g/mol. The predicted octanol–water partition coefficient (Wildman–Crippen LogP) is 3.51. The van der Waals surface area contributed by atoms with Gasteiger partial charge in [0.25, 0.3) is 0 Å². The minimum atomic E-state index is -0.454. The molecule has 0 bridgehead atoms. The lowest BCUT2D eigenvalue weighted by molar-refractivity contribution is 0.159. The molecule has 0 fully saturated rings. The quantitative estimate of drug-likeness (QED) is 0.771. The highest BCUT2D eigenvalue weighted by molar-refractivity contribution is 6.30. The molecule has 1 amide bonds. The summed E-state index contributed by atoms with van der Waals surface area (Å²) in [5.41, 5.74) is 1.32. The van der Waals surface area contributed by atoms with Gasteiger partial charge in [0.05, 0.1) is 12.3 Å². The molecule has 1 atom stereocenters. The smallest absolute Gasteiger partial charge is 0.414 e. The second-order valence-electron chi connectivity index (χ2n) is 3.96. The molecule has 5 nitrogen and oxygen atoms in total. The molecule has 1 aromatic rings. The van der Waals surface area contributed by atoms with Crippen molar-refractivity contribution in [3.8, 4) is 0 Å². The highest BCUT2D eigenvalue weighted by Crippen LogP contribution is 2.37. The standard InChI is InChI=1S/C12H13ClN2O3/c1-2-18-12(16)15-6-5-10(14-17)9-7-8(13)3-4-11(9)15/h3-4,7,10H,2,5-6H2,1H3. The third kappa shape index (κ3) is 2.31. The number of hydrogen-bond donors (Lipinski definition) is 0. The van der Waals surface area contributed by atoms with Crippen molar-refractivity contribution in [2.24, 2.45) is 5.18 Å². The lowest BCUT2D eigenvalue weighted by atomic mass is 9.97. The largest absolute Gasteiger partial charge is 0.449 e. The Kier molecular flexibility index (Phi) is 3.81. The normalized spacial score (nSPS) is 18.1. The number of halogens is 1. The SMILES string of the molecule is CCOC(=O)N1CCC(N=O)c2cc(Cl)ccc21. The predicted molar refractivity (Wildman–Crippen MR) is 69.0 cm³/mol. The van der Waals surface area contributed by atoms with E-state index in [1.807, 2.05) is 0 Å². The average molecular weight is 269 g/mol. The van der Waals surface area contributed by atoms with Crippen molar-refractivity contribution in [3.05, 3.63) is 33.7 Å². The molecule has 0 saturated heterocycles. The monoisotopic (exact) mass is 268 g/mol. The van der Waals surface area contributed by atoms with Crippen molar-refractivity contribution in [1.82, 2.24) is 0 Å². The first-order valence-corrected chi connectivity index (χ1v) is 6.11. The van der Waals surface area contributed by atoms with Crippen LogP contribution in [0.5, 0.6) is 0 Å². The van der Waals surface area contributed by atoms with Crippen LogP contribution >= 0.6 is 11.6 Å². The summed E-state index contributed by atoms with van der Waals surface area (Å²) in [6.45, 7) is 2.48. The van der Waals surface area contributed by atoms with Crippen LogP contribution in [0.3, 0.4) is 0 Å². The molecule has 0 aliphatic carbocycles. The van der Waals surface area contributed by atoms with Crippen LogP contribution in [0.15, 0.2) is 23.4 Å². The van der Waals surface area contributed by atoms with E-state index >= 15 is 0 Å². The number of rotatable bonds is 2. The molecule has 0 N–H and O–H groups in total. The lowest BCUT2D eigenvalue weighted by Crippen LogP contribution is -2.36. The van der Waals surface area contributed by atoms with E-state index in [1.165, 1.54) is 4.90 Å². The molecule has 0 radical (unpaired) electrons. The molecule has 0 saturated carbocycles. The Labute approximate surface area is 110 Å². The van der Waals surface area contributed by atoms with Crippen LogP contribution in [0.4, 0.5) is 10.5 Å². The van der Waals surface area contributed by atoms with Crippen molar-refractivity contribution in [1.29, 1.82) is 0 Å². The average Bonchev–Trinajstić information content (AvgIpc) is 2.37. The van der Waals surface area contributed by atoms with E-state index < -0.39 is 12.1 Å². The fraction of sp³-hybridized carbons (Fsp3) is 0.417. The summed E-state index contributed by atoms with van der Waals surface area (Å²) in [7, 11) is 0. The third-order valence-corrected chi connectivity index (χ3v) is 3.12. The summed E-state index contributed by atoms with van der Waals surface area (Å²) in [4.78, 5) is 24.1. The number of hydrogen-bond acceptors (Lipinski definition) is 4. The maximum absolute atomic E-state index is 11.8. The topological polar surface area (TPSA) is 59.0 Å². The van der Waals surface area contributed by atoms with Crippen LogP contribution in [0.1, 0.15) is 24.9 Å². The molecule has 0 aromatic heterocycles. The van der Waals surface area contributed by atoms with Crippen molar-refractivity contribution in [2.45, 2.75) is 19.4 Å². The van der Waals surface area contributed by atoms with Crippen LogP contribution in [0.25, 0.3) is 0 Å². The molecule has 0 spiro atoms. The van der Waals surface area contributed by atoms with Crippen molar-refractivity contribution < 1.29 is 9.53 Å². The van der Waals surface area contributed by atoms with Gasteiger partial charge in [-0.25, -0.2) is 4.79 Å². The van der Waals surface area contributed by atoms with Gasteiger partial charge in [0.2, 0.25) is 0 Å². The van der Waals surface area contributed by atoms with E-state index in [0.29, 0.717) is 35.8 Å². The van der Waals surface area contributed by atoms with Gasteiger partial charge in [-0.3, -0.25) is 4.90 Å². The maximum atomic E-state index is 11.8. The molecule has 2 rings (SSSR count). The van der Waals surface area contributed by atoms with Gasteiger partial charge in [0, 0.05) is 17.1 Å². The van der Waals surface area contributed by atoms with E-state index in [1.54, 1.807) is 25.1 Å². The molecule has 6 heteroatoms. The van der Waals surface area contributed by atoms with Crippen LogP contribution in [-0.2, 0) is 4.74 Å². The fourth-order valence-corrected chi connectivity index (χ4v) is 2.25. The number of fused-ring (bicyclic) bond motifs is 1. The summed E-state index contributed by atoms with van der Waals surface area (Å²) in [5.74, 6) is 0. The second kappa shape index (κ2) is 5.35. The second-order valence-corrected chi connectivity index (χ2v) is 4.40. The van der Waals surface area contributed by atoms with Gasteiger partial charge in [-0.05, 0) is 31.5 Å². The molecule has 96 valence electrons. The Bertz CT molecular complexity index is 478. The van der Waals surface area contributed by atoms with Gasteiger partial charge in [-0.1, -0.05) is 16.8 Å². The van der Waals surface area contributed by atoms with Crippen molar-refractivity contribution in [3.63, 3.8) is 0 Å². The first kappa shape index (κ1) is 12.8. The number of anilines is 1. The number of carbonyl (C=O) groups is 1. The minimum absolute atomic E-state index is 0.313. The van der Waals surface area contributed by atoms with E-state index in [4.69, 9.17) is 16.3 Å². The highest BCUT2D eigenvalue weighted by atomic mass is 35.5. The molecule has 1 heterocycles. The Morgan fingerprint density at radius 1 is 1.61 bits per heavy atom. The first-order valence-electron chi connectivity index (χ1n) is 5.73. The number of benzene rings is 1. The summed E-state index contributed by atoms with van der Waals surface area (Å²) < 4.78 is 4.98. The number of carbonyl (C=O) groups excluding carboxylic acids is 1. The van der Waals surface area contributed by atoms with E-state index in [9.17, 15) is 9.70 Å². The minimum Gasteiger partial charge on any atom is -0.449 e. The summed E-state index contributed by atoms with van der Waals surface area (Å²) in [5, 5.41) is 3.60. The molecule has 18 heavy (non-hydrogen) atoms. The molecule has 1 aliphatic rings. The van der Waals surface area contributed by atoms with Gasteiger partial charge < -0.3 is 4.74 Å². The van der Waals surface area contributed by atoms with Gasteiger partial charge in [0.15, 0.2) is 0 Å². The number of nitrogens with zero attached hydrogens (tertiary/aromatic N) is 2. The number of amides is 1. The van der Waals surface area contributed by atoms with Crippen LogP contribution in [0.2, 0.25) is 5.02 Å². The van der Waals surface area contributed by atoms with E-state index in [-0.39, 0.29) is 0 Å². The zero-order chi connectivity index (χ0) is 13.1. The van der Waals surface area contributed by atoms with Gasteiger partial charge >= 0.3 is 6.09 Å². The lowest BCUT2D eigenvalue weighted by Gasteiger charge is -2.30. The highest BCUT2D eigenvalue weighted by Gasteiger charge is 2.30. The third-order valence-electron chi connectivity index (χ3n) is 2.88. The fourth-order valence-electron chi connectivity index (χ4n) is 2.07. The zero-order valence-electron chi connectivity index (χ0n) is 9.93. The Morgan fingerprint density at radius 3 is 3.06 bits per heavy atom. The first-order chi connectivity index (χ1) is 8.67. The van der Waals surface area contributed by atoms with Crippen LogP contribution < -0.4 is 4.90 Å².